The van der Waals surface area contributed by atoms with Crippen molar-refractivity contribution >= 4 is 25.4 Å². The molecule has 0 amide bonds. The van der Waals surface area contributed by atoms with Gasteiger partial charge < -0.3 is 0 Å². The molecule has 2 aromatic carbocycles. The maximum absolute atomic E-state index is 11.4. The second-order valence-electron chi connectivity index (χ2n) is 3.93. The molecule has 2 radical (unpaired) electrons. The van der Waals surface area contributed by atoms with Gasteiger partial charge in [-0.25, -0.2) is 0 Å². The zero-order valence-electron chi connectivity index (χ0n) is 10.0. The van der Waals surface area contributed by atoms with Crippen molar-refractivity contribution in [1.29, 1.82) is 0 Å². The molecule has 1 nitrogen and oxygen atoms in total. The third-order valence-corrected chi connectivity index (χ3v) is 3.69. The van der Waals surface area contributed by atoms with E-state index in [1.165, 1.54) is 5.56 Å². The number of carbonyl (C=O) groups excluding carboxylic acids is 1. The van der Waals surface area contributed by atoms with E-state index < -0.39 is 0 Å². The summed E-state index contributed by atoms with van der Waals surface area (Å²) in [6.45, 7) is 0. The normalized spacial score (nSPS) is 10.2. The van der Waals surface area contributed by atoms with Crippen LogP contribution < -0.4 is 0 Å². The predicted molar refractivity (Wildman–Crippen MR) is 77.3 cm³/mol. The van der Waals surface area contributed by atoms with Crippen LogP contribution in [-0.2, 0) is 5.75 Å². The molecule has 0 unspecified atom stereocenters. The van der Waals surface area contributed by atoms with Crippen LogP contribution in [0, 0.1) is 0 Å². The first-order valence-electron chi connectivity index (χ1n) is 5.79. The summed E-state index contributed by atoms with van der Waals surface area (Å²) >= 11 is 1.76. The Morgan fingerprint density at radius 2 is 1.67 bits per heavy atom. The second-order valence-corrected chi connectivity index (χ2v) is 4.97. The molecule has 0 atom stereocenters. The Kier molecular flexibility index (Phi) is 4.65. The Morgan fingerprint density at radius 1 is 1.00 bits per heavy atom. The minimum absolute atomic E-state index is 0.0189. The highest BCUT2D eigenvalue weighted by atomic mass is 32.2. The smallest absolute Gasteiger partial charge is 0.154 e. The molecule has 0 aromatic heterocycles. The molecule has 0 aliphatic heterocycles. The topological polar surface area (TPSA) is 17.1 Å². The third-order valence-electron chi connectivity index (χ3n) is 2.61. The van der Waals surface area contributed by atoms with Gasteiger partial charge in [-0.3, -0.25) is 4.79 Å². The van der Waals surface area contributed by atoms with Crippen molar-refractivity contribution in [2.45, 2.75) is 17.0 Å². The molecule has 0 aliphatic carbocycles. The number of hydrogen-bond donors (Lipinski definition) is 0. The van der Waals surface area contributed by atoms with E-state index in [0.717, 1.165) is 10.6 Å². The highest BCUT2D eigenvalue weighted by Crippen LogP contribution is 2.23. The zero-order chi connectivity index (χ0) is 12.8. The van der Waals surface area contributed by atoms with Gasteiger partial charge in [0.05, 0.1) is 7.85 Å². The minimum atomic E-state index is -0.0189. The van der Waals surface area contributed by atoms with Gasteiger partial charge in [0.2, 0.25) is 0 Å². The lowest BCUT2D eigenvalue weighted by atomic mass is 9.96. The summed E-state index contributed by atoms with van der Waals surface area (Å²) in [5, 5.41) is 0. The summed E-state index contributed by atoms with van der Waals surface area (Å²) < 4.78 is 0. The Balaban J connectivity index is 1.97. The van der Waals surface area contributed by atoms with E-state index in [9.17, 15) is 4.79 Å². The maximum atomic E-state index is 11.4. The Bertz CT molecular complexity index is 508. The standard InChI is InChI=1S/C15H13BOS/c16-10-15(17)13-6-8-14(9-7-13)18-11-12-4-2-1-3-5-12/h1-9H,10-11H2. The molecule has 0 saturated carbocycles. The molecular formula is C15H13BOS. The molecule has 0 N–H and O–H groups in total. The van der Waals surface area contributed by atoms with E-state index in [1.807, 2.05) is 42.5 Å². The second kappa shape index (κ2) is 6.46. The SMILES string of the molecule is [B]CC(=O)c1ccc(SCc2ccccc2)cc1. The van der Waals surface area contributed by atoms with Crippen LogP contribution in [0.1, 0.15) is 15.9 Å². The van der Waals surface area contributed by atoms with Crippen molar-refractivity contribution in [2.24, 2.45) is 0 Å². The number of benzene rings is 2. The van der Waals surface area contributed by atoms with Crippen molar-refractivity contribution in [3.63, 3.8) is 0 Å². The number of hydrogen-bond acceptors (Lipinski definition) is 2. The molecule has 0 bridgehead atoms. The third kappa shape index (κ3) is 3.51. The fourth-order valence-corrected chi connectivity index (χ4v) is 2.45. The van der Waals surface area contributed by atoms with Crippen LogP contribution in [0.25, 0.3) is 0 Å². The zero-order valence-corrected chi connectivity index (χ0v) is 10.8. The summed E-state index contributed by atoms with van der Waals surface area (Å²) in [7, 11) is 5.32. The Labute approximate surface area is 113 Å². The van der Waals surface area contributed by atoms with E-state index in [-0.39, 0.29) is 12.1 Å². The predicted octanol–water partition coefficient (Wildman–Crippen LogP) is 3.75. The Hall–Kier alpha value is -1.48. The first-order valence-corrected chi connectivity index (χ1v) is 6.78. The van der Waals surface area contributed by atoms with Crippen LogP contribution in [0.4, 0.5) is 0 Å². The number of thioether (sulfide) groups is 1. The lowest BCUT2D eigenvalue weighted by molar-refractivity contribution is 0.101. The fraction of sp³-hybridized carbons (Fsp3) is 0.133. The summed E-state index contributed by atoms with van der Waals surface area (Å²) in [6.07, 6.45) is 0.0660. The molecule has 0 aliphatic rings. The number of rotatable bonds is 5. The molecule has 3 heteroatoms. The largest absolute Gasteiger partial charge is 0.295 e. The number of carbonyl (C=O) groups is 1. The van der Waals surface area contributed by atoms with Crippen molar-refractivity contribution in [2.75, 3.05) is 0 Å². The molecular weight excluding hydrogens is 239 g/mol. The molecule has 0 spiro atoms. The lowest BCUT2D eigenvalue weighted by Crippen LogP contribution is -1.96. The summed E-state index contributed by atoms with van der Waals surface area (Å²) in [5.41, 5.74) is 1.98. The van der Waals surface area contributed by atoms with E-state index in [4.69, 9.17) is 7.85 Å². The molecule has 0 fully saturated rings. The highest BCUT2D eigenvalue weighted by Gasteiger charge is 2.02. The molecule has 18 heavy (non-hydrogen) atoms. The van der Waals surface area contributed by atoms with Gasteiger partial charge in [-0.15, -0.1) is 11.8 Å². The van der Waals surface area contributed by atoms with Crippen LogP contribution in [0.3, 0.4) is 0 Å². The van der Waals surface area contributed by atoms with Gasteiger partial charge in [-0.1, -0.05) is 42.5 Å². The van der Waals surface area contributed by atoms with E-state index in [1.54, 1.807) is 11.8 Å². The first kappa shape index (κ1) is 13.0. The van der Waals surface area contributed by atoms with Crippen LogP contribution in [0.2, 0.25) is 6.32 Å². The van der Waals surface area contributed by atoms with Gasteiger partial charge in [0.25, 0.3) is 0 Å². The van der Waals surface area contributed by atoms with Crippen LogP contribution >= 0.6 is 11.8 Å². The number of Topliss-reactive ketones (excluding diaryl/α,β-unsaturated/α-hetero) is 1. The molecule has 88 valence electrons. The van der Waals surface area contributed by atoms with Gasteiger partial charge in [-0.05, 0) is 24.0 Å². The lowest BCUT2D eigenvalue weighted by Gasteiger charge is -2.03. The summed E-state index contributed by atoms with van der Waals surface area (Å²) in [4.78, 5) is 12.5. The average Bonchev–Trinajstić information content (AvgIpc) is 2.46. The minimum Gasteiger partial charge on any atom is -0.295 e. The van der Waals surface area contributed by atoms with Gasteiger partial charge in [-0.2, -0.15) is 0 Å². The average molecular weight is 252 g/mol. The molecule has 0 saturated heterocycles. The van der Waals surface area contributed by atoms with E-state index in [0.29, 0.717) is 5.56 Å². The quantitative estimate of drug-likeness (QED) is 0.458. The monoisotopic (exact) mass is 252 g/mol. The molecule has 2 aromatic rings. The van der Waals surface area contributed by atoms with E-state index in [2.05, 4.69) is 12.1 Å². The van der Waals surface area contributed by atoms with Crippen LogP contribution in [-0.4, -0.2) is 13.6 Å². The summed E-state index contributed by atoms with van der Waals surface area (Å²) in [5.74, 6) is 0.917. The van der Waals surface area contributed by atoms with Crippen LogP contribution in [0.15, 0.2) is 59.5 Å². The van der Waals surface area contributed by atoms with Gasteiger partial charge >= 0.3 is 0 Å². The van der Waals surface area contributed by atoms with Crippen molar-refractivity contribution < 1.29 is 4.79 Å². The highest BCUT2D eigenvalue weighted by molar-refractivity contribution is 7.98. The summed E-state index contributed by atoms with van der Waals surface area (Å²) in [6, 6.07) is 17.9. The Morgan fingerprint density at radius 3 is 2.28 bits per heavy atom. The molecule has 0 heterocycles. The van der Waals surface area contributed by atoms with Crippen molar-refractivity contribution in [3.05, 3.63) is 65.7 Å². The van der Waals surface area contributed by atoms with Crippen molar-refractivity contribution in [3.8, 4) is 0 Å². The fourth-order valence-electron chi connectivity index (χ4n) is 1.60. The first-order chi connectivity index (χ1) is 8.79. The molecule has 2 rings (SSSR count). The maximum Gasteiger partial charge on any atom is 0.154 e. The number of ketones is 1. The van der Waals surface area contributed by atoms with Gasteiger partial charge in [0, 0.05) is 16.2 Å². The van der Waals surface area contributed by atoms with Gasteiger partial charge in [0.1, 0.15) is 0 Å². The van der Waals surface area contributed by atoms with E-state index >= 15 is 0 Å². The van der Waals surface area contributed by atoms with Crippen LogP contribution in [0.5, 0.6) is 0 Å². The van der Waals surface area contributed by atoms with Gasteiger partial charge in [0.15, 0.2) is 5.78 Å². The van der Waals surface area contributed by atoms with Crippen molar-refractivity contribution in [1.82, 2.24) is 0 Å².